The number of fused-ring (bicyclic) bond motifs is 2. The summed E-state index contributed by atoms with van der Waals surface area (Å²) in [5.74, 6) is 0. The molecule has 5 aromatic carbocycles. The van der Waals surface area contributed by atoms with E-state index < -0.39 is 0 Å². The number of hydrogen-bond acceptors (Lipinski definition) is 2. The Kier molecular flexibility index (Phi) is 5.12. The summed E-state index contributed by atoms with van der Waals surface area (Å²) in [6.07, 6.45) is 0. The summed E-state index contributed by atoms with van der Waals surface area (Å²) >= 11 is 0. The Balaban J connectivity index is 1.71. The first kappa shape index (κ1) is 20.9. The van der Waals surface area contributed by atoms with Crippen LogP contribution in [0.3, 0.4) is 0 Å². The summed E-state index contributed by atoms with van der Waals surface area (Å²) in [6, 6.07) is 40.2. The second-order valence-electron chi connectivity index (χ2n) is 8.65. The molecule has 0 aliphatic rings. The average molecular weight is 455 g/mol. The van der Waals surface area contributed by atoms with Crippen molar-refractivity contribution in [2.45, 2.75) is 6.54 Å². The van der Waals surface area contributed by atoms with E-state index in [2.05, 4.69) is 41.0 Å². The second-order valence-corrected chi connectivity index (χ2v) is 8.65. The molecule has 6 rings (SSSR count). The summed E-state index contributed by atoms with van der Waals surface area (Å²) < 4.78 is 2.11. The van der Waals surface area contributed by atoms with Gasteiger partial charge in [0.1, 0.15) is 5.69 Å². The van der Waals surface area contributed by atoms with Crippen molar-refractivity contribution in [3.8, 4) is 22.5 Å². The molecule has 0 N–H and O–H groups in total. The van der Waals surface area contributed by atoms with Crippen LogP contribution < -0.4 is 0 Å². The monoisotopic (exact) mass is 454 g/mol. The Hall–Kier alpha value is -4.70. The first-order valence-electron chi connectivity index (χ1n) is 11.6. The van der Waals surface area contributed by atoms with Gasteiger partial charge < -0.3 is 4.57 Å². The molecule has 4 heteroatoms. The summed E-state index contributed by atoms with van der Waals surface area (Å²) in [4.78, 5) is 12.2. The van der Waals surface area contributed by atoms with Gasteiger partial charge >= 0.3 is 0 Å². The van der Waals surface area contributed by atoms with Crippen LogP contribution in [0, 0.1) is 10.1 Å². The van der Waals surface area contributed by atoms with Gasteiger partial charge in [0.05, 0.1) is 10.6 Å². The van der Waals surface area contributed by atoms with E-state index in [1.54, 1.807) is 6.07 Å². The van der Waals surface area contributed by atoms with Crippen molar-refractivity contribution in [3.05, 3.63) is 137 Å². The first-order valence-corrected chi connectivity index (χ1v) is 11.6. The third-order valence-electron chi connectivity index (χ3n) is 6.57. The minimum absolute atomic E-state index is 0.111. The number of nitrogens with zero attached hydrogens (tertiary/aromatic N) is 2. The normalized spacial score (nSPS) is 11.2. The van der Waals surface area contributed by atoms with Crippen molar-refractivity contribution in [1.29, 1.82) is 0 Å². The molecule has 0 aliphatic carbocycles. The van der Waals surface area contributed by atoms with Crippen LogP contribution in [0.5, 0.6) is 0 Å². The van der Waals surface area contributed by atoms with Gasteiger partial charge in [-0.1, -0.05) is 115 Å². The number of aromatic nitrogens is 1. The number of hydrogen-bond donors (Lipinski definition) is 0. The fourth-order valence-corrected chi connectivity index (χ4v) is 4.99. The predicted molar refractivity (Wildman–Crippen MR) is 143 cm³/mol. The SMILES string of the molecule is O=[N+]([O-])c1cc(-c2cccc3ccccc23)n(Cc2ccccc2)c1-c1cccc2ccccc12. The molecule has 0 aliphatic heterocycles. The largest absolute Gasteiger partial charge is 0.330 e. The van der Waals surface area contributed by atoms with Gasteiger partial charge in [-0.15, -0.1) is 0 Å². The Morgan fingerprint density at radius 2 is 1.17 bits per heavy atom. The van der Waals surface area contributed by atoms with Gasteiger partial charge in [0, 0.05) is 23.7 Å². The smallest absolute Gasteiger partial charge is 0.295 e. The van der Waals surface area contributed by atoms with Gasteiger partial charge in [-0.25, -0.2) is 0 Å². The van der Waals surface area contributed by atoms with E-state index >= 15 is 0 Å². The van der Waals surface area contributed by atoms with Crippen LogP contribution in [-0.4, -0.2) is 9.49 Å². The maximum atomic E-state index is 12.4. The Morgan fingerprint density at radius 1 is 0.629 bits per heavy atom. The third kappa shape index (κ3) is 3.65. The van der Waals surface area contributed by atoms with Crippen LogP contribution in [0.2, 0.25) is 0 Å². The van der Waals surface area contributed by atoms with E-state index in [1.165, 1.54) is 0 Å². The Labute approximate surface area is 202 Å². The zero-order valence-electron chi connectivity index (χ0n) is 19.0. The molecular formula is C31H22N2O2. The van der Waals surface area contributed by atoms with Crippen molar-refractivity contribution < 1.29 is 4.92 Å². The minimum atomic E-state index is -0.257. The molecule has 0 fully saturated rings. The number of benzene rings is 5. The highest BCUT2D eigenvalue weighted by atomic mass is 16.6. The Morgan fingerprint density at radius 3 is 1.83 bits per heavy atom. The molecule has 0 saturated carbocycles. The molecule has 0 spiro atoms. The standard InChI is InChI=1S/C31H22N2O2/c34-33(35)30-20-29(27-18-8-14-23-12-4-6-16-25(23)27)32(21-22-10-2-1-3-11-22)31(30)28-19-9-15-24-13-5-7-17-26(24)28/h1-20H,21H2. The van der Waals surface area contributed by atoms with E-state index in [-0.39, 0.29) is 10.6 Å². The topological polar surface area (TPSA) is 48.1 Å². The minimum Gasteiger partial charge on any atom is -0.330 e. The molecule has 168 valence electrons. The van der Waals surface area contributed by atoms with E-state index in [0.29, 0.717) is 12.2 Å². The van der Waals surface area contributed by atoms with Gasteiger partial charge in [-0.05, 0) is 27.1 Å². The van der Waals surface area contributed by atoms with Crippen molar-refractivity contribution in [3.63, 3.8) is 0 Å². The zero-order valence-corrected chi connectivity index (χ0v) is 19.0. The van der Waals surface area contributed by atoms with Crippen LogP contribution in [-0.2, 0) is 6.54 Å². The summed E-state index contributed by atoms with van der Waals surface area (Å²) in [7, 11) is 0. The van der Waals surface area contributed by atoms with Crippen molar-refractivity contribution >= 4 is 27.2 Å². The maximum absolute atomic E-state index is 12.4. The highest BCUT2D eigenvalue weighted by molar-refractivity contribution is 6.01. The number of nitro groups is 1. The lowest BCUT2D eigenvalue weighted by Gasteiger charge is -2.16. The predicted octanol–water partition coefficient (Wildman–Crippen LogP) is 8.09. The molecule has 0 unspecified atom stereocenters. The van der Waals surface area contributed by atoms with E-state index in [4.69, 9.17) is 0 Å². The summed E-state index contributed by atoms with van der Waals surface area (Å²) in [5, 5.41) is 16.7. The van der Waals surface area contributed by atoms with Crippen LogP contribution in [0.4, 0.5) is 5.69 Å². The quantitative estimate of drug-likeness (QED) is 0.195. The Bertz CT molecular complexity index is 1690. The fraction of sp³-hybridized carbons (Fsp3) is 0.0323. The van der Waals surface area contributed by atoms with Gasteiger partial charge in [0.15, 0.2) is 0 Å². The molecule has 0 radical (unpaired) electrons. The third-order valence-corrected chi connectivity index (χ3v) is 6.57. The molecule has 1 aromatic heterocycles. The van der Waals surface area contributed by atoms with Crippen molar-refractivity contribution in [2.75, 3.05) is 0 Å². The zero-order chi connectivity index (χ0) is 23.8. The van der Waals surface area contributed by atoms with E-state index in [9.17, 15) is 10.1 Å². The molecule has 0 saturated heterocycles. The molecule has 35 heavy (non-hydrogen) atoms. The van der Waals surface area contributed by atoms with Gasteiger partial charge in [0.25, 0.3) is 5.69 Å². The van der Waals surface area contributed by atoms with Crippen molar-refractivity contribution in [1.82, 2.24) is 4.57 Å². The van der Waals surface area contributed by atoms with Crippen LogP contribution in [0.25, 0.3) is 44.1 Å². The van der Waals surface area contributed by atoms with Crippen LogP contribution in [0.15, 0.2) is 121 Å². The lowest BCUT2D eigenvalue weighted by atomic mass is 10.0. The number of rotatable bonds is 5. The highest BCUT2D eigenvalue weighted by Gasteiger charge is 2.27. The molecule has 1 heterocycles. The molecule has 0 atom stereocenters. The van der Waals surface area contributed by atoms with Gasteiger partial charge in [-0.2, -0.15) is 0 Å². The highest BCUT2D eigenvalue weighted by Crippen LogP contribution is 2.42. The molecular weight excluding hydrogens is 432 g/mol. The molecule has 0 amide bonds. The first-order chi connectivity index (χ1) is 17.2. The van der Waals surface area contributed by atoms with Crippen LogP contribution in [0.1, 0.15) is 5.56 Å². The average Bonchev–Trinajstić information content (AvgIpc) is 3.27. The molecule has 0 bridgehead atoms. The van der Waals surface area contributed by atoms with Crippen molar-refractivity contribution in [2.24, 2.45) is 0 Å². The second kappa shape index (κ2) is 8.58. The molecule has 4 nitrogen and oxygen atoms in total. The van der Waals surface area contributed by atoms with E-state index in [1.807, 2.05) is 78.9 Å². The lowest BCUT2D eigenvalue weighted by molar-refractivity contribution is -0.384. The van der Waals surface area contributed by atoms with Gasteiger partial charge in [-0.3, -0.25) is 10.1 Å². The maximum Gasteiger partial charge on any atom is 0.295 e. The fourth-order valence-electron chi connectivity index (χ4n) is 4.99. The summed E-state index contributed by atoms with van der Waals surface area (Å²) in [5.41, 5.74) is 4.49. The summed E-state index contributed by atoms with van der Waals surface area (Å²) in [6.45, 7) is 0.520. The van der Waals surface area contributed by atoms with Crippen LogP contribution >= 0.6 is 0 Å². The van der Waals surface area contributed by atoms with E-state index in [0.717, 1.165) is 43.9 Å². The van der Waals surface area contributed by atoms with Gasteiger partial charge in [0.2, 0.25) is 0 Å². The lowest BCUT2D eigenvalue weighted by Crippen LogP contribution is -2.05. The molecule has 6 aromatic rings.